The minimum Gasteiger partial charge on any atom is -0.394 e. The van der Waals surface area contributed by atoms with Gasteiger partial charge in [0, 0.05) is 21.7 Å². The summed E-state index contributed by atoms with van der Waals surface area (Å²) in [5.41, 5.74) is 3.98. The zero-order valence-electron chi connectivity index (χ0n) is 20.9. The van der Waals surface area contributed by atoms with E-state index in [1.807, 2.05) is 78.9 Å². The Labute approximate surface area is 226 Å². The highest BCUT2D eigenvalue weighted by Gasteiger charge is 2.14. The van der Waals surface area contributed by atoms with Crippen LogP contribution in [0.25, 0.3) is 10.9 Å². The van der Waals surface area contributed by atoms with E-state index in [1.54, 1.807) is 11.8 Å². The van der Waals surface area contributed by atoms with Crippen molar-refractivity contribution in [1.29, 1.82) is 0 Å². The van der Waals surface area contributed by atoms with Crippen LogP contribution in [0.4, 0.5) is 11.8 Å². The number of aliphatic hydroxyl groups is 2. The van der Waals surface area contributed by atoms with E-state index in [-0.39, 0.29) is 19.3 Å². The number of hydrogen-bond donors (Lipinski definition) is 4. The van der Waals surface area contributed by atoms with Crippen LogP contribution in [0.1, 0.15) is 16.7 Å². The van der Waals surface area contributed by atoms with Gasteiger partial charge in [-0.3, -0.25) is 0 Å². The van der Waals surface area contributed by atoms with Gasteiger partial charge in [0.25, 0.3) is 0 Å². The molecule has 0 fully saturated rings. The molecule has 7 heteroatoms. The SMILES string of the molecule is OCc1ccccc1Sc1ccccc1CNc1nc(N[C@H](CO)Cc2ccccc2)c2ccccc2n1. The molecule has 192 valence electrons. The van der Waals surface area contributed by atoms with Crippen molar-refractivity contribution in [3.8, 4) is 0 Å². The summed E-state index contributed by atoms with van der Waals surface area (Å²) in [6.45, 7) is 0.523. The van der Waals surface area contributed by atoms with Gasteiger partial charge in [-0.25, -0.2) is 4.98 Å². The number of fused-ring (bicyclic) bond motifs is 1. The largest absolute Gasteiger partial charge is 0.394 e. The Morgan fingerprint density at radius 3 is 2.13 bits per heavy atom. The van der Waals surface area contributed by atoms with Gasteiger partial charge in [0.15, 0.2) is 0 Å². The second-order valence-corrected chi connectivity index (χ2v) is 10.0. The van der Waals surface area contributed by atoms with Crippen LogP contribution in [-0.4, -0.2) is 32.8 Å². The highest BCUT2D eigenvalue weighted by molar-refractivity contribution is 7.99. The molecule has 6 nitrogen and oxygen atoms in total. The van der Waals surface area contributed by atoms with Crippen LogP contribution in [0.3, 0.4) is 0 Å². The second kappa shape index (κ2) is 12.6. The maximum Gasteiger partial charge on any atom is 0.225 e. The second-order valence-electron chi connectivity index (χ2n) is 8.96. The van der Waals surface area contributed by atoms with E-state index in [2.05, 4.69) is 34.9 Å². The summed E-state index contributed by atoms with van der Waals surface area (Å²) in [4.78, 5) is 11.7. The van der Waals surface area contributed by atoms with Gasteiger partial charge in [-0.1, -0.05) is 90.6 Å². The normalized spacial score (nSPS) is 11.8. The molecular formula is C31H30N4O2S. The van der Waals surface area contributed by atoms with E-state index >= 15 is 0 Å². The van der Waals surface area contributed by atoms with Crippen LogP contribution in [0.2, 0.25) is 0 Å². The number of benzene rings is 4. The number of nitrogens with zero attached hydrogens (tertiary/aromatic N) is 2. The zero-order chi connectivity index (χ0) is 26.2. The number of aliphatic hydroxyl groups excluding tert-OH is 2. The van der Waals surface area contributed by atoms with Crippen LogP contribution < -0.4 is 10.6 Å². The Hall–Kier alpha value is -3.91. The topological polar surface area (TPSA) is 90.3 Å². The Bertz CT molecular complexity index is 1500. The maximum atomic E-state index is 10.1. The number of aromatic nitrogens is 2. The van der Waals surface area contributed by atoms with E-state index in [9.17, 15) is 10.2 Å². The standard InChI is InChI=1S/C31H30N4O2S/c36-20-24-13-5-9-17-29(24)38-28-16-8-4-12-23(28)19-32-31-34-27-15-7-6-14-26(27)30(35-31)33-25(21-37)18-22-10-2-1-3-11-22/h1-17,25,36-37H,18-21H2,(H2,32,33,34,35)/t25-/m0/s1. The van der Waals surface area contributed by atoms with Crippen molar-refractivity contribution >= 4 is 34.4 Å². The van der Waals surface area contributed by atoms with Crippen molar-refractivity contribution in [2.75, 3.05) is 17.2 Å². The van der Waals surface area contributed by atoms with Crippen molar-refractivity contribution < 1.29 is 10.2 Å². The van der Waals surface area contributed by atoms with Gasteiger partial charge in [0.1, 0.15) is 5.82 Å². The fourth-order valence-corrected chi connectivity index (χ4v) is 5.36. The number of rotatable bonds is 11. The number of hydrogen-bond acceptors (Lipinski definition) is 7. The molecule has 5 aromatic rings. The molecule has 1 heterocycles. The van der Waals surface area contributed by atoms with Gasteiger partial charge in [0.05, 0.1) is 24.8 Å². The van der Waals surface area contributed by atoms with Gasteiger partial charge in [-0.15, -0.1) is 0 Å². The number of para-hydroxylation sites is 1. The van der Waals surface area contributed by atoms with Gasteiger partial charge in [-0.2, -0.15) is 4.98 Å². The van der Waals surface area contributed by atoms with Crippen molar-refractivity contribution in [2.24, 2.45) is 0 Å². The first kappa shape index (κ1) is 25.7. The van der Waals surface area contributed by atoms with Crippen LogP contribution in [0, 0.1) is 0 Å². The summed E-state index contributed by atoms with van der Waals surface area (Å²) < 4.78 is 0. The summed E-state index contributed by atoms with van der Waals surface area (Å²) in [6.07, 6.45) is 0.679. The average molecular weight is 523 g/mol. The fraction of sp³-hybridized carbons (Fsp3) is 0.161. The summed E-state index contributed by atoms with van der Waals surface area (Å²) in [7, 11) is 0. The maximum absolute atomic E-state index is 10.1. The molecule has 0 unspecified atom stereocenters. The lowest BCUT2D eigenvalue weighted by Crippen LogP contribution is -2.27. The molecule has 0 radical (unpaired) electrons. The fourth-order valence-electron chi connectivity index (χ4n) is 4.30. The summed E-state index contributed by atoms with van der Waals surface area (Å²) in [5.74, 6) is 1.20. The lowest BCUT2D eigenvalue weighted by atomic mass is 10.1. The lowest BCUT2D eigenvalue weighted by molar-refractivity contribution is 0.273. The molecule has 0 aliphatic heterocycles. The molecule has 0 aliphatic rings. The van der Waals surface area contributed by atoms with Gasteiger partial charge in [-0.05, 0) is 47.4 Å². The van der Waals surface area contributed by atoms with Crippen LogP contribution in [-0.2, 0) is 19.6 Å². The molecule has 4 N–H and O–H groups in total. The van der Waals surface area contributed by atoms with E-state index in [4.69, 9.17) is 9.97 Å². The summed E-state index contributed by atoms with van der Waals surface area (Å²) in [6, 6.07) is 33.9. The number of nitrogens with one attached hydrogen (secondary N) is 2. The third kappa shape index (κ3) is 6.31. The average Bonchev–Trinajstić information content (AvgIpc) is 2.97. The van der Waals surface area contributed by atoms with Crippen LogP contribution in [0.15, 0.2) is 113 Å². The molecular weight excluding hydrogens is 492 g/mol. The summed E-state index contributed by atoms with van der Waals surface area (Å²) in [5, 5.41) is 27.6. The van der Waals surface area contributed by atoms with Crippen molar-refractivity contribution in [2.45, 2.75) is 35.4 Å². The van der Waals surface area contributed by atoms with Gasteiger partial charge >= 0.3 is 0 Å². The highest BCUT2D eigenvalue weighted by Crippen LogP contribution is 2.33. The molecule has 4 aromatic carbocycles. The Morgan fingerprint density at radius 2 is 1.37 bits per heavy atom. The third-order valence-electron chi connectivity index (χ3n) is 6.26. The zero-order valence-corrected chi connectivity index (χ0v) is 21.7. The van der Waals surface area contributed by atoms with Crippen molar-refractivity contribution in [1.82, 2.24) is 9.97 Å². The Kier molecular flexibility index (Phi) is 8.50. The number of anilines is 2. The molecule has 38 heavy (non-hydrogen) atoms. The minimum atomic E-state index is -0.188. The first-order chi connectivity index (χ1) is 18.7. The minimum absolute atomic E-state index is 0.00338. The third-order valence-corrected chi connectivity index (χ3v) is 7.50. The molecule has 1 aromatic heterocycles. The van der Waals surface area contributed by atoms with Crippen molar-refractivity contribution in [3.63, 3.8) is 0 Å². The van der Waals surface area contributed by atoms with E-state index in [0.717, 1.165) is 37.4 Å². The molecule has 5 rings (SSSR count). The Balaban J connectivity index is 1.37. The summed E-state index contributed by atoms with van der Waals surface area (Å²) >= 11 is 1.64. The molecule has 1 atom stereocenters. The van der Waals surface area contributed by atoms with Gasteiger partial charge < -0.3 is 20.8 Å². The molecule has 0 amide bonds. The first-order valence-electron chi connectivity index (χ1n) is 12.6. The van der Waals surface area contributed by atoms with Crippen molar-refractivity contribution in [3.05, 3.63) is 120 Å². The molecule has 0 aliphatic carbocycles. The van der Waals surface area contributed by atoms with Gasteiger partial charge in [0.2, 0.25) is 5.95 Å². The van der Waals surface area contributed by atoms with Crippen LogP contribution >= 0.6 is 11.8 Å². The predicted octanol–water partition coefficient (Wildman–Crippen LogP) is 5.90. The molecule has 0 spiro atoms. The molecule has 0 bridgehead atoms. The quantitative estimate of drug-likeness (QED) is 0.172. The van der Waals surface area contributed by atoms with E-state index in [0.29, 0.717) is 24.7 Å². The lowest BCUT2D eigenvalue weighted by Gasteiger charge is -2.19. The van der Waals surface area contributed by atoms with Crippen LogP contribution in [0.5, 0.6) is 0 Å². The highest BCUT2D eigenvalue weighted by atomic mass is 32.2. The monoisotopic (exact) mass is 522 g/mol. The first-order valence-corrected chi connectivity index (χ1v) is 13.4. The molecule has 0 saturated heterocycles. The predicted molar refractivity (Wildman–Crippen MR) is 154 cm³/mol. The molecule has 0 saturated carbocycles. The Morgan fingerprint density at radius 1 is 0.711 bits per heavy atom. The van der Waals surface area contributed by atoms with E-state index < -0.39 is 0 Å². The smallest absolute Gasteiger partial charge is 0.225 e. The van der Waals surface area contributed by atoms with E-state index in [1.165, 1.54) is 0 Å².